The molecule has 0 atom stereocenters. The van der Waals surface area contributed by atoms with Crippen molar-refractivity contribution in [1.29, 1.82) is 0 Å². The molecule has 0 spiro atoms. The summed E-state index contributed by atoms with van der Waals surface area (Å²) in [5, 5.41) is 3.93. The van der Waals surface area contributed by atoms with E-state index in [0.717, 1.165) is 61.1 Å². The number of thioether (sulfide) groups is 1. The van der Waals surface area contributed by atoms with Crippen molar-refractivity contribution in [1.82, 2.24) is 10.2 Å². The summed E-state index contributed by atoms with van der Waals surface area (Å²) in [6.07, 6.45) is 1.90. The molecule has 0 aliphatic carbocycles. The lowest BCUT2D eigenvalue weighted by molar-refractivity contribution is -0.126. The van der Waals surface area contributed by atoms with Gasteiger partial charge in [-0.2, -0.15) is 11.8 Å². The minimum absolute atomic E-state index is 0.154. The highest BCUT2D eigenvalue weighted by Crippen LogP contribution is 2.22. The number of hydrogen-bond acceptors (Lipinski definition) is 3. The van der Waals surface area contributed by atoms with E-state index in [-0.39, 0.29) is 11.8 Å². The highest BCUT2D eigenvalue weighted by molar-refractivity contribution is 7.98. The number of halogens is 1. The number of benzene rings is 2. The van der Waals surface area contributed by atoms with Crippen molar-refractivity contribution in [3.8, 4) is 0 Å². The van der Waals surface area contributed by atoms with Crippen LogP contribution in [0.5, 0.6) is 0 Å². The number of carbonyl (C=O) groups excluding carboxylic acids is 1. The number of rotatable bonds is 8. The Kier molecular flexibility index (Phi) is 8.26. The van der Waals surface area contributed by atoms with Gasteiger partial charge in [-0.25, -0.2) is 0 Å². The van der Waals surface area contributed by atoms with Gasteiger partial charge in [-0.05, 0) is 55.6 Å². The molecular weight excluding hydrogens is 388 g/mol. The van der Waals surface area contributed by atoms with Crippen molar-refractivity contribution in [3.63, 3.8) is 0 Å². The normalized spacial score (nSPS) is 15.5. The second-order valence-electron chi connectivity index (χ2n) is 7.41. The molecule has 1 heterocycles. The van der Waals surface area contributed by atoms with E-state index in [1.807, 2.05) is 18.2 Å². The Morgan fingerprint density at radius 3 is 2.50 bits per heavy atom. The van der Waals surface area contributed by atoms with Gasteiger partial charge >= 0.3 is 0 Å². The van der Waals surface area contributed by atoms with Crippen LogP contribution in [-0.4, -0.2) is 36.2 Å². The Morgan fingerprint density at radius 1 is 1.11 bits per heavy atom. The predicted octanol–water partition coefficient (Wildman–Crippen LogP) is 4.91. The molecule has 1 fully saturated rings. The van der Waals surface area contributed by atoms with Crippen LogP contribution < -0.4 is 5.32 Å². The first-order chi connectivity index (χ1) is 13.6. The summed E-state index contributed by atoms with van der Waals surface area (Å²) >= 11 is 7.98. The molecular formula is C23H29ClN2OS. The van der Waals surface area contributed by atoms with Gasteiger partial charge in [0.1, 0.15) is 0 Å². The van der Waals surface area contributed by atoms with E-state index in [1.54, 1.807) is 11.8 Å². The van der Waals surface area contributed by atoms with Crippen LogP contribution in [0.4, 0.5) is 0 Å². The molecule has 2 aromatic carbocycles. The minimum Gasteiger partial charge on any atom is -0.355 e. The van der Waals surface area contributed by atoms with Crippen LogP contribution in [0.15, 0.2) is 48.5 Å². The summed E-state index contributed by atoms with van der Waals surface area (Å²) < 4.78 is 0. The second-order valence-corrected chi connectivity index (χ2v) is 8.92. The number of piperidine rings is 1. The number of aryl methyl sites for hydroxylation is 1. The summed E-state index contributed by atoms with van der Waals surface area (Å²) in [5.41, 5.74) is 3.89. The molecule has 150 valence electrons. The van der Waals surface area contributed by atoms with E-state index in [2.05, 4.69) is 47.5 Å². The summed E-state index contributed by atoms with van der Waals surface area (Å²) in [6, 6.07) is 16.5. The quantitative estimate of drug-likeness (QED) is 0.620. The Bertz CT molecular complexity index is 775. The Morgan fingerprint density at radius 2 is 1.79 bits per heavy atom. The molecule has 1 aliphatic rings. The molecule has 0 aromatic heterocycles. The van der Waals surface area contributed by atoms with Crippen LogP contribution in [0.2, 0.25) is 5.02 Å². The van der Waals surface area contributed by atoms with Crippen LogP contribution in [-0.2, 0) is 17.1 Å². The first kappa shape index (κ1) is 21.2. The molecule has 1 N–H and O–H groups in total. The van der Waals surface area contributed by atoms with Gasteiger partial charge in [0.05, 0.1) is 0 Å². The van der Waals surface area contributed by atoms with Gasteiger partial charge in [-0.3, -0.25) is 9.69 Å². The predicted molar refractivity (Wildman–Crippen MR) is 120 cm³/mol. The summed E-state index contributed by atoms with van der Waals surface area (Å²) in [4.78, 5) is 14.9. The largest absolute Gasteiger partial charge is 0.355 e. The Hall–Kier alpha value is -1.49. The molecule has 0 radical (unpaired) electrons. The van der Waals surface area contributed by atoms with E-state index in [9.17, 15) is 4.79 Å². The number of amides is 1. The SMILES string of the molecule is Cc1ccccc1CN1CCC(C(=O)NCCSCc2ccccc2Cl)CC1. The average Bonchev–Trinajstić information content (AvgIpc) is 2.71. The molecule has 0 bridgehead atoms. The molecule has 1 amide bonds. The number of likely N-dealkylation sites (tertiary alicyclic amines) is 1. The van der Waals surface area contributed by atoms with E-state index < -0.39 is 0 Å². The molecule has 28 heavy (non-hydrogen) atoms. The van der Waals surface area contributed by atoms with Crippen LogP contribution in [0.3, 0.4) is 0 Å². The lowest BCUT2D eigenvalue weighted by atomic mass is 9.95. The molecule has 0 unspecified atom stereocenters. The fourth-order valence-corrected chi connectivity index (χ4v) is 4.71. The van der Waals surface area contributed by atoms with E-state index >= 15 is 0 Å². The summed E-state index contributed by atoms with van der Waals surface area (Å²) in [5.74, 6) is 2.16. The third kappa shape index (κ3) is 6.26. The third-order valence-corrected chi connectivity index (χ3v) is 6.75. The summed E-state index contributed by atoms with van der Waals surface area (Å²) in [7, 11) is 0. The maximum absolute atomic E-state index is 12.4. The zero-order valence-electron chi connectivity index (χ0n) is 16.5. The lowest BCUT2D eigenvalue weighted by Crippen LogP contribution is -2.40. The molecule has 2 aromatic rings. The van der Waals surface area contributed by atoms with Gasteiger partial charge in [0.15, 0.2) is 0 Å². The van der Waals surface area contributed by atoms with Gasteiger partial charge in [0.2, 0.25) is 5.91 Å². The zero-order valence-corrected chi connectivity index (χ0v) is 18.1. The first-order valence-electron chi connectivity index (χ1n) is 9.99. The molecule has 0 saturated carbocycles. The van der Waals surface area contributed by atoms with E-state index in [4.69, 9.17) is 11.6 Å². The standard InChI is InChI=1S/C23H29ClN2OS/c1-18-6-2-3-7-20(18)16-26-13-10-19(11-14-26)23(27)25-12-15-28-17-21-8-4-5-9-22(21)24/h2-9,19H,10-17H2,1H3,(H,25,27). The topological polar surface area (TPSA) is 32.3 Å². The second kappa shape index (κ2) is 10.9. The van der Waals surface area contributed by atoms with Gasteiger partial charge in [0, 0.05) is 35.5 Å². The zero-order chi connectivity index (χ0) is 19.8. The average molecular weight is 417 g/mol. The van der Waals surface area contributed by atoms with Crippen molar-refractivity contribution in [2.75, 3.05) is 25.4 Å². The lowest BCUT2D eigenvalue weighted by Gasteiger charge is -2.31. The van der Waals surface area contributed by atoms with Crippen molar-refractivity contribution in [2.45, 2.75) is 32.1 Å². The number of carbonyl (C=O) groups is 1. The molecule has 5 heteroatoms. The van der Waals surface area contributed by atoms with Crippen molar-refractivity contribution >= 4 is 29.3 Å². The van der Waals surface area contributed by atoms with Crippen LogP contribution >= 0.6 is 23.4 Å². The third-order valence-electron chi connectivity index (χ3n) is 5.37. The Labute approximate surface area is 177 Å². The van der Waals surface area contributed by atoms with Crippen molar-refractivity contribution in [3.05, 3.63) is 70.2 Å². The molecule has 1 saturated heterocycles. The van der Waals surface area contributed by atoms with Crippen molar-refractivity contribution < 1.29 is 4.79 Å². The van der Waals surface area contributed by atoms with Gasteiger partial charge in [-0.1, -0.05) is 54.1 Å². The highest BCUT2D eigenvalue weighted by atomic mass is 35.5. The van der Waals surface area contributed by atoms with Crippen molar-refractivity contribution in [2.24, 2.45) is 5.92 Å². The molecule has 3 rings (SSSR count). The number of nitrogens with one attached hydrogen (secondary N) is 1. The number of nitrogens with zero attached hydrogens (tertiary/aromatic N) is 1. The number of hydrogen-bond donors (Lipinski definition) is 1. The van der Waals surface area contributed by atoms with Crippen LogP contribution in [0.1, 0.15) is 29.5 Å². The summed E-state index contributed by atoms with van der Waals surface area (Å²) in [6.45, 7) is 5.86. The maximum atomic E-state index is 12.4. The fourth-order valence-electron chi connectivity index (χ4n) is 3.57. The molecule has 1 aliphatic heterocycles. The van der Waals surface area contributed by atoms with Gasteiger partial charge in [-0.15, -0.1) is 0 Å². The fraction of sp³-hybridized carbons (Fsp3) is 0.435. The maximum Gasteiger partial charge on any atom is 0.223 e. The first-order valence-corrected chi connectivity index (χ1v) is 11.5. The van der Waals surface area contributed by atoms with Crippen LogP contribution in [0.25, 0.3) is 0 Å². The smallest absolute Gasteiger partial charge is 0.223 e. The highest BCUT2D eigenvalue weighted by Gasteiger charge is 2.24. The van der Waals surface area contributed by atoms with E-state index in [0.29, 0.717) is 0 Å². The van der Waals surface area contributed by atoms with Gasteiger partial charge < -0.3 is 5.32 Å². The Balaban J connectivity index is 1.32. The monoisotopic (exact) mass is 416 g/mol. The molecule has 3 nitrogen and oxygen atoms in total. The van der Waals surface area contributed by atoms with Gasteiger partial charge in [0.25, 0.3) is 0 Å². The van der Waals surface area contributed by atoms with E-state index in [1.165, 1.54) is 11.1 Å². The minimum atomic E-state index is 0.154. The van der Waals surface area contributed by atoms with Crippen LogP contribution in [0, 0.1) is 12.8 Å².